The molecule has 2 aliphatic carbocycles. The van der Waals surface area contributed by atoms with Gasteiger partial charge >= 0.3 is 11.9 Å². The van der Waals surface area contributed by atoms with Crippen LogP contribution in [0.1, 0.15) is 25.7 Å². The van der Waals surface area contributed by atoms with Gasteiger partial charge in [0, 0.05) is 5.57 Å². The van der Waals surface area contributed by atoms with Crippen molar-refractivity contribution in [2.45, 2.75) is 25.7 Å². The van der Waals surface area contributed by atoms with Crippen molar-refractivity contribution in [2.24, 2.45) is 17.8 Å². The number of hydrogen-bond acceptors (Lipinski definition) is 2. The smallest absolute Gasteiger partial charge is 0.331 e. The molecule has 0 saturated heterocycles. The topological polar surface area (TPSA) is 74.6 Å². The summed E-state index contributed by atoms with van der Waals surface area (Å²) in [6, 6.07) is 0. The van der Waals surface area contributed by atoms with E-state index in [4.69, 9.17) is 10.2 Å². The fourth-order valence-electron chi connectivity index (χ4n) is 2.95. The van der Waals surface area contributed by atoms with E-state index in [1.807, 2.05) is 0 Å². The molecule has 0 aromatic carbocycles. The van der Waals surface area contributed by atoms with Crippen molar-refractivity contribution in [1.29, 1.82) is 0 Å². The molecule has 2 N–H and O–H groups in total. The van der Waals surface area contributed by atoms with Crippen LogP contribution in [0.2, 0.25) is 0 Å². The van der Waals surface area contributed by atoms with Crippen LogP contribution < -0.4 is 0 Å². The lowest BCUT2D eigenvalue weighted by Gasteiger charge is -2.32. The van der Waals surface area contributed by atoms with Crippen molar-refractivity contribution in [2.75, 3.05) is 0 Å². The third-order valence-corrected chi connectivity index (χ3v) is 3.64. The van der Waals surface area contributed by atoms with Crippen molar-refractivity contribution in [3.8, 4) is 0 Å². The highest BCUT2D eigenvalue weighted by molar-refractivity contribution is 5.88. The second-order valence-electron chi connectivity index (χ2n) is 4.35. The molecule has 1 saturated carbocycles. The van der Waals surface area contributed by atoms with Gasteiger partial charge in [0.05, 0.1) is 5.92 Å². The van der Waals surface area contributed by atoms with Gasteiger partial charge in [0.15, 0.2) is 0 Å². The summed E-state index contributed by atoms with van der Waals surface area (Å²) in [7, 11) is 0. The lowest BCUT2D eigenvalue weighted by Crippen LogP contribution is -2.32. The first-order valence-electron chi connectivity index (χ1n) is 5.27. The van der Waals surface area contributed by atoms with E-state index in [2.05, 4.69) is 0 Å². The molecule has 0 bridgehead atoms. The average molecular weight is 210 g/mol. The molecule has 3 unspecified atom stereocenters. The maximum absolute atomic E-state index is 11.0. The molecular formula is C11H14O4. The van der Waals surface area contributed by atoms with Gasteiger partial charge in [-0.05, 0) is 31.1 Å². The Labute approximate surface area is 87.6 Å². The molecule has 0 spiro atoms. The number of carboxylic acids is 2. The van der Waals surface area contributed by atoms with E-state index in [0.717, 1.165) is 12.8 Å². The molecule has 1 fully saturated rings. The van der Waals surface area contributed by atoms with Gasteiger partial charge in [-0.15, -0.1) is 0 Å². The Morgan fingerprint density at radius 2 is 2.00 bits per heavy atom. The Hall–Kier alpha value is -1.32. The summed E-state index contributed by atoms with van der Waals surface area (Å²) in [6.07, 6.45) is 4.66. The van der Waals surface area contributed by atoms with Gasteiger partial charge in [0.25, 0.3) is 0 Å². The summed E-state index contributed by atoms with van der Waals surface area (Å²) in [5, 5.41) is 18.0. The predicted octanol–water partition coefficient (Wildman–Crippen LogP) is 1.52. The number of fused-ring (bicyclic) bond motifs is 1. The lowest BCUT2D eigenvalue weighted by molar-refractivity contribution is -0.146. The second kappa shape index (κ2) is 3.68. The van der Waals surface area contributed by atoms with E-state index >= 15 is 0 Å². The molecule has 0 aromatic heterocycles. The zero-order valence-electron chi connectivity index (χ0n) is 8.35. The highest BCUT2D eigenvalue weighted by atomic mass is 16.4. The Morgan fingerprint density at radius 1 is 1.27 bits per heavy atom. The fourth-order valence-corrected chi connectivity index (χ4v) is 2.95. The maximum Gasteiger partial charge on any atom is 0.331 e. The van der Waals surface area contributed by atoms with Crippen LogP contribution in [0, 0.1) is 17.8 Å². The lowest BCUT2D eigenvalue weighted by atomic mass is 9.72. The normalized spacial score (nSPS) is 34.4. The number of allylic oxidation sites excluding steroid dienone is 1. The Morgan fingerprint density at radius 3 is 2.60 bits per heavy atom. The number of hydrogen-bond donors (Lipinski definition) is 2. The first-order chi connectivity index (χ1) is 7.11. The van der Waals surface area contributed by atoms with E-state index in [-0.39, 0.29) is 17.8 Å². The van der Waals surface area contributed by atoms with Crippen molar-refractivity contribution < 1.29 is 19.8 Å². The van der Waals surface area contributed by atoms with Gasteiger partial charge < -0.3 is 10.2 Å². The number of rotatable bonds is 2. The summed E-state index contributed by atoms with van der Waals surface area (Å²) >= 11 is 0. The Bertz CT molecular complexity index is 331. The summed E-state index contributed by atoms with van der Waals surface area (Å²) in [6.45, 7) is 0. The third-order valence-electron chi connectivity index (χ3n) is 3.64. The summed E-state index contributed by atoms with van der Waals surface area (Å²) < 4.78 is 0. The van der Waals surface area contributed by atoms with Crippen LogP contribution in [0.4, 0.5) is 0 Å². The van der Waals surface area contributed by atoms with Gasteiger partial charge in [-0.2, -0.15) is 0 Å². The van der Waals surface area contributed by atoms with Crippen molar-refractivity contribution >= 4 is 11.9 Å². The van der Waals surface area contributed by atoms with E-state index in [0.29, 0.717) is 18.4 Å². The molecule has 0 aromatic rings. The van der Waals surface area contributed by atoms with Crippen LogP contribution in [-0.2, 0) is 9.59 Å². The molecule has 4 nitrogen and oxygen atoms in total. The second-order valence-corrected chi connectivity index (χ2v) is 4.35. The Kier molecular flexibility index (Phi) is 2.50. The molecule has 2 aliphatic rings. The monoisotopic (exact) mass is 210 g/mol. The van der Waals surface area contributed by atoms with Crippen molar-refractivity contribution in [1.82, 2.24) is 0 Å². The molecule has 0 heterocycles. The molecule has 2 rings (SSSR count). The van der Waals surface area contributed by atoms with Crippen LogP contribution in [0.3, 0.4) is 0 Å². The molecule has 3 atom stereocenters. The van der Waals surface area contributed by atoms with Gasteiger partial charge in [0.1, 0.15) is 0 Å². The third kappa shape index (κ3) is 1.64. The molecule has 0 radical (unpaired) electrons. The minimum atomic E-state index is -0.881. The van der Waals surface area contributed by atoms with E-state index in [1.54, 1.807) is 6.08 Å². The molecule has 0 aliphatic heterocycles. The van der Waals surface area contributed by atoms with Gasteiger partial charge in [-0.25, -0.2) is 4.79 Å². The van der Waals surface area contributed by atoms with Crippen LogP contribution in [0.25, 0.3) is 0 Å². The van der Waals surface area contributed by atoms with Gasteiger partial charge in [0.2, 0.25) is 0 Å². The van der Waals surface area contributed by atoms with Crippen molar-refractivity contribution in [3.05, 3.63) is 11.6 Å². The average Bonchev–Trinajstić information content (AvgIpc) is 2.59. The van der Waals surface area contributed by atoms with Crippen LogP contribution in [0.15, 0.2) is 11.6 Å². The van der Waals surface area contributed by atoms with Crippen LogP contribution >= 0.6 is 0 Å². The zero-order valence-corrected chi connectivity index (χ0v) is 8.35. The maximum atomic E-state index is 11.0. The molecule has 0 amide bonds. The predicted molar refractivity (Wildman–Crippen MR) is 52.3 cm³/mol. The first-order valence-corrected chi connectivity index (χ1v) is 5.27. The largest absolute Gasteiger partial charge is 0.481 e. The molecule has 4 heteroatoms. The SMILES string of the molecule is O=C(O)C1=CCC2C(C(=O)O)CCCC12. The van der Waals surface area contributed by atoms with E-state index in [1.165, 1.54) is 0 Å². The Balaban J connectivity index is 2.18. The van der Waals surface area contributed by atoms with E-state index < -0.39 is 11.9 Å². The van der Waals surface area contributed by atoms with Gasteiger partial charge in [-0.1, -0.05) is 12.5 Å². The van der Waals surface area contributed by atoms with Gasteiger partial charge in [-0.3, -0.25) is 4.79 Å². The minimum absolute atomic E-state index is 0.0161. The summed E-state index contributed by atoms with van der Waals surface area (Å²) in [5.41, 5.74) is 0.436. The highest BCUT2D eigenvalue weighted by Crippen LogP contribution is 2.45. The highest BCUT2D eigenvalue weighted by Gasteiger charge is 2.43. The van der Waals surface area contributed by atoms with Crippen LogP contribution in [0.5, 0.6) is 0 Å². The fraction of sp³-hybridized carbons (Fsp3) is 0.636. The standard InChI is InChI=1S/C11H14O4/c12-10(13)8-3-1-2-6-7(8)4-5-9(6)11(14)15/h5-8H,1-4H2,(H,12,13)(H,14,15). The van der Waals surface area contributed by atoms with Crippen molar-refractivity contribution in [3.63, 3.8) is 0 Å². The van der Waals surface area contributed by atoms with Crippen LogP contribution in [-0.4, -0.2) is 22.2 Å². The molecular weight excluding hydrogens is 196 g/mol. The first kappa shape index (κ1) is 10.2. The van der Waals surface area contributed by atoms with E-state index in [9.17, 15) is 9.59 Å². The number of carbonyl (C=O) groups is 2. The number of carboxylic acid groups (broad SMARTS) is 2. The zero-order chi connectivity index (χ0) is 11.0. The summed E-state index contributed by atoms with van der Waals surface area (Å²) in [4.78, 5) is 21.9. The number of aliphatic carboxylic acids is 2. The summed E-state index contributed by atoms with van der Waals surface area (Å²) in [5.74, 6) is -2.02. The quantitative estimate of drug-likeness (QED) is 0.724. The molecule has 82 valence electrons. The minimum Gasteiger partial charge on any atom is -0.481 e. The molecule has 15 heavy (non-hydrogen) atoms.